The first-order chi connectivity index (χ1) is 11.4. The van der Waals surface area contributed by atoms with Gasteiger partial charge in [-0.3, -0.25) is 9.48 Å². The van der Waals surface area contributed by atoms with Gasteiger partial charge in [0.1, 0.15) is 0 Å². The number of aryl methyl sites for hydroxylation is 1. The predicted octanol–water partition coefficient (Wildman–Crippen LogP) is 1.87. The summed E-state index contributed by atoms with van der Waals surface area (Å²) in [6, 6.07) is 0. The van der Waals surface area contributed by atoms with Gasteiger partial charge in [-0.25, -0.2) is 0 Å². The van der Waals surface area contributed by atoms with Crippen LogP contribution in [-0.4, -0.2) is 39.0 Å². The third-order valence-electron chi connectivity index (χ3n) is 6.33. The highest BCUT2D eigenvalue weighted by Gasteiger charge is 2.60. The molecular weight excluding hydrogens is 306 g/mol. The Morgan fingerprint density at radius 3 is 2.67 bits per heavy atom. The second-order valence-corrected chi connectivity index (χ2v) is 7.98. The molecule has 2 atom stereocenters. The normalized spacial score (nSPS) is 29.5. The van der Waals surface area contributed by atoms with E-state index >= 15 is 0 Å². The number of nitrogens with zero attached hydrogens (tertiary/aromatic N) is 2. The van der Waals surface area contributed by atoms with Crippen LogP contribution in [0, 0.1) is 5.41 Å². The van der Waals surface area contributed by atoms with Crippen molar-refractivity contribution in [1.82, 2.24) is 15.1 Å². The molecule has 2 fully saturated rings. The van der Waals surface area contributed by atoms with Gasteiger partial charge in [0.25, 0.3) is 5.91 Å². The third-order valence-corrected chi connectivity index (χ3v) is 6.33. The highest BCUT2D eigenvalue weighted by Crippen LogP contribution is 2.60. The van der Waals surface area contributed by atoms with Crippen molar-refractivity contribution in [3.05, 3.63) is 17.0 Å². The Balaban J connectivity index is 1.51. The van der Waals surface area contributed by atoms with E-state index < -0.39 is 5.60 Å². The number of ether oxygens (including phenoxy) is 1. The Kier molecular flexibility index (Phi) is 3.55. The Bertz CT molecular complexity index is 673. The summed E-state index contributed by atoms with van der Waals surface area (Å²) in [7, 11) is 1.87. The lowest BCUT2D eigenvalue weighted by Crippen LogP contribution is -2.51. The maximum absolute atomic E-state index is 12.7. The maximum Gasteiger partial charge on any atom is 0.272 e. The molecule has 1 aliphatic heterocycles. The molecule has 3 aliphatic rings. The lowest BCUT2D eigenvalue weighted by molar-refractivity contribution is -0.0948. The average molecular weight is 333 g/mol. The molecule has 0 saturated heterocycles. The van der Waals surface area contributed by atoms with Gasteiger partial charge in [-0.05, 0) is 46.0 Å². The van der Waals surface area contributed by atoms with Crippen LogP contribution in [0.5, 0.6) is 0 Å². The average Bonchev–Trinajstić information content (AvgIpc) is 3.21. The van der Waals surface area contributed by atoms with Crippen LogP contribution in [-0.2, 0) is 18.2 Å². The summed E-state index contributed by atoms with van der Waals surface area (Å²) in [6.07, 6.45) is 5.60. The van der Waals surface area contributed by atoms with Crippen molar-refractivity contribution in [1.29, 1.82) is 0 Å². The molecule has 2 heterocycles. The Labute approximate surface area is 142 Å². The summed E-state index contributed by atoms with van der Waals surface area (Å²) in [5.74, 6) is -0.123. The number of aromatic nitrogens is 2. The second kappa shape index (κ2) is 5.30. The predicted molar refractivity (Wildman–Crippen MR) is 88.7 cm³/mol. The third kappa shape index (κ3) is 2.30. The fourth-order valence-electron chi connectivity index (χ4n) is 4.55. The van der Waals surface area contributed by atoms with Gasteiger partial charge in [0.05, 0.1) is 23.5 Å². The molecule has 0 aromatic carbocycles. The number of hydrogen-bond donors (Lipinski definition) is 2. The van der Waals surface area contributed by atoms with E-state index in [1.807, 2.05) is 20.9 Å². The minimum atomic E-state index is -0.555. The molecule has 2 aliphatic carbocycles. The van der Waals surface area contributed by atoms with Crippen LogP contribution in [0.4, 0.5) is 0 Å². The molecular formula is C18H27N3O3. The van der Waals surface area contributed by atoms with Crippen molar-refractivity contribution in [2.24, 2.45) is 12.5 Å². The maximum atomic E-state index is 12.7. The van der Waals surface area contributed by atoms with Crippen molar-refractivity contribution in [2.75, 3.05) is 6.54 Å². The van der Waals surface area contributed by atoms with Gasteiger partial charge >= 0.3 is 0 Å². The molecule has 0 unspecified atom stereocenters. The molecule has 2 N–H and O–H groups in total. The first-order valence-corrected chi connectivity index (χ1v) is 9.07. The fraction of sp³-hybridized carbons (Fsp3) is 0.778. The van der Waals surface area contributed by atoms with Crippen molar-refractivity contribution < 1.29 is 14.6 Å². The summed E-state index contributed by atoms with van der Waals surface area (Å²) in [5.41, 5.74) is 1.87. The molecule has 2 saturated carbocycles. The molecule has 6 nitrogen and oxygen atoms in total. The van der Waals surface area contributed by atoms with Crippen LogP contribution in [0.25, 0.3) is 0 Å². The quantitative estimate of drug-likeness (QED) is 0.882. The summed E-state index contributed by atoms with van der Waals surface area (Å²) in [5, 5.41) is 18.2. The number of aliphatic hydroxyl groups is 1. The lowest BCUT2D eigenvalue weighted by atomic mass is 9.69. The van der Waals surface area contributed by atoms with Crippen molar-refractivity contribution in [2.45, 2.75) is 70.2 Å². The van der Waals surface area contributed by atoms with Crippen LogP contribution >= 0.6 is 0 Å². The van der Waals surface area contributed by atoms with E-state index in [4.69, 9.17) is 4.74 Å². The highest BCUT2D eigenvalue weighted by atomic mass is 16.5. The minimum absolute atomic E-state index is 0.0479. The van der Waals surface area contributed by atoms with E-state index in [1.54, 1.807) is 4.68 Å². The molecule has 24 heavy (non-hydrogen) atoms. The second-order valence-electron chi connectivity index (χ2n) is 7.98. The number of carbonyl (C=O) groups excluding carboxylic acids is 1. The number of amides is 1. The van der Waals surface area contributed by atoms with Gasteiger partial charge in [-0.15, -0.1) is 0 Å². The van der Waals surface area contributed by atoms with Gasteiger partial charge in [-0.1, -0.05) is 0 Å². The largest absolute Gasteiger partial charge is 0.389 e. The van der Waals surface area contributed by atoms with Crippen LogP contribution in [0.15, 0.2) is 0 Å². The zero-order valence-corrected chi connectivity index (χ0v) is 14.8. The van der Waals surface area contributed by atoms with E-state index in [0.717, 1.165) is 43.4 Å². The Hall–Kier alpha value is -1.40. The number of hydrogen-bond acceptors (Lipinski definition) is 4. The van der Waals surface area contributed by atoms with E-state index in [2.05, 4.69) is 10.4 Å². The zero-order chi connectivity index (χ0) is 17.1. The van der Waals surface area contributed by atoms with Crippen LogP contribution in [0.1, 0.15) is 73.8 Å². The smallest absolute Gasteiger partial charge is 0.272 e. The van der Waals surface area contributed by atoms with Crippen LogP contribution in [0.3, 0.4) is 0 Å². The van der Waals surface area contributed by atoms with Crippen molar-refractivity contribution in [3.63, 3.8) is 0 Å². The van der Waals surface area contributed by atoms with Gasteiger partial charge in [0.15, 0.2) is 5.69 Å². The first kappa shape index (κ1) is 16.1. The Morgan fingerprint density at radius 1 is 1.38 bits per heavy atom. The van der Waals surface area contributed by atoms with E-state index in [-0.39, 0.29) is 23.5 Å². The van der Waals surface area contributed by atoms with Gasteiger partial charge < -0.3 is 15.2 Å². The summed E-state index contributed by atoms with van der Waals surface area (Å²) in [6.45, 7) is 4.58. The first-order valence-electron chi connectivity index (χ1n) is 9.07. The van der Waals surface area contributed by atoms with Gasteiger partial charge in [0, 0.05) is 31.0 Å². The number of rotatable bonds is 4. The van der Waals surface area contributed by atoms with Gasteiger partial charge in [0.2, 0.25) is 0 Å². The zero-order valence-electron chi connectivity index (χ0n) is 14.8. The van der Waals surface area contributed by atoms with E-state index in [9.17, 15) is 9.90 Å². The molecule has 0 spiro atoms. The lowest BCUT2D eigenvalue weighted by Gasteiger charge is -2.44. The molecule has 1 aromatic heterocycles. The number of nitrogens with one attached hydrogen (secondary N) is 1. The van der Waals surface area contributed by atoms with Crippen LogP contribution in [0.2, 0.25) is 0 Å². The number of carbonyl (C=O) groups is 1. The molecule has 0 bridgehead atoms. The van der Waals surface area contributed by atoms with E-state index in [0.29, 0.717) is 18.7 Å². The standard InChI is InChI=1S/C18H27N3O3/c1-11-9-13-14(20-21(3)15(13)12(2)24-11)16(22)19-10-17(7-8-17)18(23)5-4-6-18/h11-12,23H,4-10H2,1-3H3,(H,19,22)/t11-,12+/m1/s1. The van der Waals surface area contributed by atoms with Gasteiger partial charge in [-0.2, -0.15) is 5.10 Å². The van der Waals surface area contributed by atoms with E-state index in [1.165, 1.54) is 0 Å². The van der Waals surface area contributed by atoms with Crippen molar-refractivity contribution >= 4 is 5.91 Å². The molecule has 1 aromatic rings. The molecule has 6 heteroatoms. The van der Waals surface area contributed by atoms with Crippen LogP contribution < -0.4 is 5.32 Å². The monoisotopic (exact) mass is 333 g/mol. The fourth-order valence-corrected chi connectivity index (χ4v) is 4.55. The minimum Gasteiger partial charge on any atom is -0.389 e. The molecule has 0 radical (unpaired) electrons. The van der Waals surface area contributed by atoms with Crippen molar-refractivity contribution in [3.8, 4) is 0 Å². The molecule has 132 valence electrons. The molecule has 4 rings (SSSR count). The molecule has 1 amide bonds. The number of fused-ring (bicyclic) bond motifs is 1. The summed E-state index contributed by atoms with van der Waals surface area (Å²) >= 11 is 0. The summed E-state index contributed by atoms with van der Waals surface area (Å²) in [4.78, 5) is 12.7. The summed E-state index contributed by atoms with van der Waals surface area (Å²) < 4.78 is 7.62. The Morgan fingerprint density at radius 2 is 2.08 bits per heavy atom. The highest BCUT2D eigenvalue weighted by molar-refractivity contribution is 5.94. The topological polar surface area (TPSA) is 76.4 Å². The SMILES string of the molecule is C[C@@H]1Cc2c(C(=O)NCC3(C4(O)CCC4)CC3)nn(C)c2[C@H](C)O1.